The molecule has 0 saturated carbocycles. The highest BCUT2D eigenvalue weighted by molar-refractivity contribution is 5.93. The van der Waals surface area contributed by atoms with Gasteiger partial charge in [0.15, 0.2) is 0 Å². The van der Waals surface area contributed by atoms with Crippen LogP contribution in [0, 0.1) is 25.7 Å². The molecule has 7 heteroatoms. The van der Waals surface area contributed by atoms with E-state index in [-0.39, 0.29) is 29.6 Å². The zero-order valence-electron chi connectivity index (χ0n) is 19.3. The Balaban J connectivity index is 1.46. The molecule has 1 aromatic carbocycles. The van der Waals surface area contributed by atoms with Crippen LogP contribution in [0.4, 0.5) is 5.69 Å². The molecular weight excluding hydrogens is 392 g/mol. The van der Waals surface area contributed by atoms with Crippen molar-refractivity contribution in [3.05, 3.63) is 29.3 Å². The SMILES string of the molecule is Cc1cccc(NC(=O)CN2CCN(C(=O)C3CCCN(C(=O)C(C)C)C3)CC2)c1C. The summed E-state index contributed by atoms with van der Waals surface area (Å²) >= 11 is 0. The molecule has 1 N–H and O–H groups in total. The summed E-state index contributed by atoms with van der Waals surface area (Å²) in [4.78, 5) is 43.7. The fraction of sp³-hybridized carbons (Fsp3) is 0.625. The number of aryl methyl sites for hydroxylation is 1. The van der Waals surface area contributed by atoms with Crippen molar-refractivity contribution in [2.45, 2.75) is 40.5 Å². The summed E-state index contributed by atoms with van der Waals surface area (Å²) in [6.45, 7) is 12.1. The lowest BCUT2D eigenvalue weighted by atomic mass is 9.95. The number of anilines is 1. The van der Waals surface area contributed by atoms with E-state index in [1.807, 2.05) is 55.7 Å². The molecule has 7 nitrogen and oxygen atoms in total. The Morgan fingerprint density at radius 2 is 1.74 bits per heavy atom. The minimum absolute atomic E-state index is 0.0244. The third kappa shape index (κ3) is 5.85. The van der Waals surface area contributed by atoms with Gasteiger partial charge in [-0.3, -0.25) is 19.3 Å². The van der Waals surface area contributed by atoms with Crippen LogP contribution in [-0.2, 0) is 14.4 Å². The maximum Gasteiger partial charge on any atom is 0.238 e. The summed E-state index contributed by atoms with van der Waals surface area (Å²) < 4.78 is 0. The van der Waals surface area contributed by atoms with Gasteiger partial charge in [-0.05, 0) is 43.9 Å². The molecule has 1 aromatic rings. The van der Waals surface area contributed by atoms with Gasteiger partial charge in [0, 0.05) is 50.9 Å². The predicted octanol–water partition coefficient (Wildman–Crippen LogP) is 2.28. The number of hydrogen-bond donors (Lipinski definition) is 1. The predicted molar refractivity (Wildman–Crippen MR) is 122 cm³/mol. The van der Waals surface area contributed by atoms with Crippen LogP contribution in [0.2, 0.25) is 0 Å². The third-order valence-corrected chi connectivity index (χ3v) is 6.51. The summed E-state index contributed by atoms with van der Waals surface area (Å²) in [5.41, 5.74) is 3.10. The van der Waals surface area contributed by atoms with Crippen LogP contribution in [0.5, 0.6) is 0 Å². The summed E-state index contributed by atoms with van der Waals surface area (Å²) in [6.07, 6.45) is 1.73. The second-order valence-corrected chi connectivity index (χ2v) is 9.18. The molecule has 0 bridgehead atoms. The Bertz CT molecular complexity index is 815. The molecule has 31 heavy (non-hydrogen) atoms. The van der Waals surface area contributed by atoms with E-state index < -0.39 is 0 Å². The van der Waals surface area contributed by atoms with E-state index in [0.29, 0.717) is 39.3 Å². The molecule has 0 radical (unpaired) electrons. The first kappa shape index (κ1) is 23.3. The fourth-order valence-electron chi connectivity index (χ4n) is 4.41. The molecular formula is C24H36N4O3. The van der Waals surface area contributed by atoms with Crippen LogP contribution in [0.3, 0.4) is 0 Å². The van der Waals surface area contributed by atoms with Crippen LogP contribution in [0.15, 0.2) is 18.2 Å². The second kappa shape index (κ2) is 10.3. The van der Waals surface area contributed by atoms with Crippen LogP contribution in [0.25, 0.3) is 0 Å². The number of amides is 3. The summed E-state index contributed by atoms with van der Waals surface area (Å²) in [6, 6.07) is 5.91. The lowest BCUT2D eigenvalue weighted by Gasteiger charge is -2.39. The topological polar surface area (TPSA) is 73.0 Å². The number of likely N-dealkylation sites (tertiary alicyclic amines) is 1. The number of carbonyl (C=O) groups is 3. The Morgan fingerprint density at radius 1 is 1.03 bits per heavy atom. The molecule has 3 rings (SSSR count). The molecule has 2 aliphatic rings. The molecule has 3 amide bonds. The molecule has 0 aromatic heterocycles. The van der Waals surface area contributed by atoms with Gasteiger partial charge in [0.1, 0.15) is 0 Å². The summed E-state index contributed by atoms with van der Waals surface area (Å²) in [7, 11) is 0. The minimum atomic E-state index is -0.101. The van der Waals surface area contributed by atoms with E-state index in [2.05, 4.69) is 10.2 Å². The van der Waals surface area contributed by atoms with E-state index in [4.69, 9.17) is 0 Å². The summed E-state index contributed by atoms with van der Waals surface area (Å²) in [5, 5.41) is 3.01. The monoisotopic (exact) mass is 428 g/mol. The van der Waals surface area contributed by atoms with Crippen LogP contribution < -0.4 is 5.32 Å². The maximum atomic E-state index is 13.0. The van der Waals surface area contributed by atoms with Crippen molar-refractivity contribution in [2.75, 3.05) is 51.1 Å². The zero-order chi connectivity index (χ0) is 22.5. The highest BCUT2D eigenvalue weighted by Gasteiger charge is 2.33. The van der Waals surface area contributed by atoms with Crippen molar-refractivity contribution < 1.29 is 14.4 Å². The van der Waals surface area contributed by atoms with Gasteiger partial charge in [-0.2, -0.15) is 0 Å². The van der Waals surface area contributed by atoms with Gasteiger partial charge >= 0.3 is 0 Å². The Morgan fingerprint density at radius 3 is 2.42 bits per heavy atom. The second-order valence-electron chi connectivity index (χ2n) is 9.18. The zero-order valence-corrected chi connectivity index (χ0v) is 19.3. The molecule has 2 heterocycles. The van der Waals surface area contributed by atoms with E-state index in [1.54, 1.807) is 0 Å². The van der Waals surface area contributed by atoms with Gasteiger partial charge in [0.25, 0.3) is 0 Å². The van der Waals surface area contributed by atoms with Gasteiger partial charge < -0.3 is 15.1 Å². The average molecular weight is 429 g/mol. The van der Waals surface area contributed by atoms with Crippen molar-refractivity contribution in [1.29, 1.82) is 0 Å². The van der Waals surface area contributed by atoms with Crippen molar-refractivity contribution in [3.63, 3.8) is 0 Å². The first-order valence-corrected chi connectivity index (χ1v) is 11.4. The van der Waals surface area contributed by atoms with Crippen molar-refractivity contribution in [2.24, 2.45) is 11.8 Å². The number of piperazine rings is 1. The normalized spacial score (nSPS) is 20.1. The van der Waals surface area contributed by atoms with Gasteiger partial charge in [0.2, 0.25) is 17.7 Å². The van der Waals surface area contributed by atoms with Crippen LogP contribution in [-0.4, -0.2) is 78.2 Å². The Hall–Kier alpha value is -2.41. The minimum Gasteiger partial charge on any atom is -0.342 e. The number of piperidine rings is 1. The standard InChI is InChI=1S/C24H36N4O3/c1-17(2)23(30)28-10-6-8-20(15-28)24(31)27-13-11-26(12-14-27)16-22(29)25-21-9-5-7-18(3)19(21)4/h5,7,9,17,20H,6,8,10-16H2,1-4H3,(H,25,29). The first-order chi connectivity index (χ1) is 14.8. The van der Waals surface area contributed by atoms with Crippen molar-refractivity contribution in [3.8, 4) is 0 Å². The van der Waals surface area contributed by atoms with E-state index in [9.17, 15) is 14.4 Å². The number of nitrogens with zero attached hydrogens (tertiary/aromatic N) is 3. The summed E-state index contributed by atoms with van der Waals surface area (Å²) in [5.74, 6) is 0.129. The van der Waals surface area contributed by atoms with E-state index >= 15 is 0 Å². The number of carbonyl (C=O) groups excluding carboxylic acids is 3. The van der Waals surface area contributed by atoms with E-state index in [1.165, 1.54) is 0 Å². The fourth-order valence-corrected chi connectivity index (χ4v) is 4.41. The highest BCUT2D eigenvalue weighted by Crippen LogP contribution is 2.22. The number of nitrogens with one attached hydrogen (secondary N) is 1. The smallest absolute Gasteiger partial charge is 0.238 e. The first-order valence-electron chi connectivity index (χ1n) is 11.4. The van der Waals surface area contributed by atoms with Gasteiger partial charge in [-0.25, -0.2) is 0 Å². The highest BCUT2D eigenvalue weighted by atomic mass is 16.2. The quantitative estimate of drug-likeness (QED) is 0.781. The van der Waals surface area contributed by atoms with Crippen LogP contribution in [0.1, 0.15) is 37.8 Å². The van der Waals surface area contributed by atoms with Gasteiger partial charge in [-0.1, -0.05) is 26.0 Å². The van der Waals surface area contributed by atoms with Crippen molar-refractivity contribution in [1.82, 2.24) is 14.7 Å². The van der Waals surface area contributed by atoms with Gasteiger partial charge in [-0.15, -0.1) is 0 Å². The number of hydrogen-bond acceptors (Lipinski definition) is 4. The lowest BCUT2D eigenvalue weighted by molar-refractivity contribution is -0.143. The average Bonchev–Trinajstić information content (AvgIpc) is 2.76. The lowest BCUT2D eigenvalue weighted by Crippen LogP contribution is -2.54. The Kier molecular flexibility index (Phi) is 7.70. The number of benzene rings is 1. The van der Waals surface area contributed by atoms with Crippen LogP contribution >= 0.6 is 0 Å². The van der Waals surface area contributed by atoms with Gasteiger partial charge in [0.05, 0.1) is 12.5 Å². The third-order valence-electron chi connectivity index (χ3n) is 6.51. The molecule has 2 fully saturated rings. The molecule has 1 atom stereocenters. The molecule has 2 saturated heterocycles. The Labute approximate surface area is 185 Å². The molecule has 170 valence electrons. The largest absolute Gasteiger partial charge is 0.342 e. The molecule has 0 spiro atoms. The maximum absolute atomic E-state index is 13.0. The molecule has 0 aliphatic carbocycles. The van der Waals surface area contributed by atoms with E-state index in [0.717, 1.165) is 36.2 Å². The number of rotatable bonds is 5. The van der Waals surface area contributed by atoms with Crippen molar-refractivity contribution >= 4 is 23.4 Å². The molecule has 1 unspecified atom stereocenters. The molecule has 2 aliphatic heterocycles.